The van der Waals surface area contributed by atoms with Crippen molar-refractivity contribution in [2.24, 2.45) is 0 Å². The van der Waals surface area contributed by atoms with Gasteiger partial charge in [0.2, 0.25) is 5.91 Å². The van der Waals surface area contributed by atoms with Gasteiger partial charge in [0.25, 0.3) is 5.91 Å². The van der Waals surface area contributed by atoms with E-state index in [0.29, 0.717) is 22.7 Å². The molecular weight excluding hydrogens is 412 g/mol. The highest BCUT2D eigenvalue weighted by Gasteiger charge is 2.13. The first-order valence-electron chi connectivity index (χ1n) is 8.08. The van der Waals surface area contributed by atoms with Crippen molar-refractivity contribution in [3.8, 4) is 11.5 Å². The molecule has 1 N–H and O–H groups in total. The molecule has 0 spiro atoms. The Kier molecular flexibility index (Phi) is 7.01. The van der Waals surface area contributed by atoms with Gasteiger partial charge < -0.3 is 19.7 Å². The Hall–Kier alpha value is -2.80. The van der Waals surface area contributed by atoms with E-state index in [4.69, 9.17) is 9.47 Å². The number of nitrogens with one attached hydrogen (secondary N) is 1. The fourth-order valence-corrected chi connectivity index (χ4v) is 2.75. The number of hydrogen-bond donors (Lipinski definition) is 1. The van der Waals surface area contributed by atoms with Gasteiger partial charge in [0.05, 0.1) is 19.9 Å². The monoisotopic (exact) mass is 432 g/mol. The highest BCUT2D eigenvalue weighted by Crippen LogP contribution is 2.27. The first-order chi connectivity index (χ1) is 12.8. The van der Waals surface area contributed by atoms with E-state index in [2.05, 4.69) is 21.2 Å². The van der Waals surface area contributed by atoms with Gasteiger partial charge in [-0.15, -0.1) is 0 Å². The third-order valence-corrected chi connectivity index (χ3v) is 4.21. The molecule has 0 aliphatic carbocycles. The number of carbonyl (C=O) groups is 2. The van der Waals surface area contributed by atoms with Crippen LogP contribution in [0, 0.1) is 0 Å². The number of methoxy groups -OCH3 is 2. The van der Waals surface area contributed by atoms with Crippen molar-refractivity contribution in [2.75, 3.05) is 33.6 Å². The number of carbonyl (C=O) groups excluding carboxylic acids is 2. The summed E-state index contributed by atoms with van der Waals surface area (Å²) in [4.78, 5) is 26.0. The summed E-state index contributed by atoms with van der Waals surface area (Å²) in [5.41, 5.74) is 1.63. The predicted molar refractivity (Wildman–Crippen MR) is 109 cm³/mol. The molecule has 0 aromatic heterocycles. The first-order valence-corrected chi connectivity index (χ1v) is 8.87. The zero-order chi connectivity index (χ0) is 20.0. The lowest BCUT2D eigenvalue weighted by atomic mass is 10.1. The van der Waals surface area contributed by atoms with E-state index in [-0.39, 0.29) is 11.8 Å². The van der Waals surface area contributed by atoms with Crippen LogP contribution in [0.15, 0.2) is 46.9 Å². The Morgan fingerprint density at radius 1 is 1.04 bits per heavy atom. The van der Waals surface area contributed by atoms with Crippen LogP contribution >= 0.6 is 15.9 Å². The molecule has 0 aliphatic heterocycles. The normalized spacial score (nSPS) is 10.6. The van der Waals surface area contributed by atoms with Crippen LogP contribution in [0.3, 0.4) is 0 Å². The van der Waals surface area contributed by atoms with E-state index >= 15 is 0 Å². The molecule has 27 heavy (non-hydrogen) atoms. The van der Waals surface area contributed by atoms with Crippen LogP contribution in [0.25, 0.3) is 6.08 Å². The zero-order valence-electron chi connectivity index (χ0n) is 15.6. The van der Waals surface area contributed by atoms with Crippen LogP contribution in [-0.4, -0.2) is 45.0 Å². The van der Waals surface area contributed by atoms with Gasteiger partial charge in [0, 0.05) is 35.8 Å². The Labute approximate surface area is 166 Å². The number of hydrogen-bond acceptors (Lipinski definition) is 4. The van der Waals surface area contributed by atoms with E-state index in [9.17, 15) is 9.59 Å². The fourth-order valence-electron chi connectivity index (χ4n) is 2.37. The number of benzene rings is 2. The Balaban J connectivity index is 2.23. The van der Waals surface area contributed by atoms with E-state index in [0.717, 1.165) is 10.0 Å². The maximum atomic E-state index is 12.4. The van der Waals surface area contributed by atoms with Gasteiger partial charge in [0.1, 0.15) is 11.5 Å². The van der Waals surface area contributed by atoms with Crippen LogP contribution in [-0.2, 0) is 4.79 Å². The minimum atomic E-state index is -0.357. The molecule has 0 unspecified atom stereocenters. The number of ether oxygens (including phenoxy) is 2. The Bertz CT molecular complexity index is 878. The molecule has 2 aromatic carbocycles. The molecule has 2 rings (SSSR count). The van der Waals surface area contributed by atoms with Crippen LogP contribution in [0.4, 0.5) is 5.69 Å². The molecule has 0 saturated carbocycles. The third-order valence-electron chi connectivity index (χ3n) is 3.72. The van der Waals surface area contributed by atoms with Gasteiger partial charge in [-0.25, -0.2) is 0 Å². The van der Waals surface area contributed by atoms with Crippen molar-refractivity contribution in [2.45, 2.75) is 0 Å². The third kappa shape index (κ3) is 5.34. The standard InChI is InChI=1S/C20H21BrN2O4/c1-23(2)20(25)14-5-8-18(27-4)16(12-14)22-19(24)10-6-13-11-15(21)7-9-17(13)26-3/h5-12H,1-4H3,(H,22,24)/b10-6+. The predicted octanol–water partition coefficient (Wildman–Crippen LogP) is 3.82. The summed E-state index contributed by atoms with van der Waals surface area (Å²) in [5, 5.41) is 2.74. The van der Waals surface area contributed by atoms with Gasteiger partial charge in [-0.1, -0.05) is 15.9 Å². The second-order valence-corrected chi connectivity index (χ2v) is 6.74. The first kappa shape index (κ1) is 20.5. The molecule has 0 saturated heterocycles. The molecule has 0 bridgehead atoms. The summed E-state index contributed by atoms with van der Waals surface area (Å²) in [5.74, 6) is 0.595. The molecule has 0 atom stereocenters. The number of halogens is 1. The maximum absolute atomic E-state index is 12.4. The highest BCUT2D eigenvalue weighted by molar-refractivity contribution is 9.10. The Morgan fingerprint density at radius 3 is 2.33 bits per heavy atom. The van der Waals surface area contributed by atoms with Gasteiger partial charge in [-0.2, -0.15) is 0 Å². The lowest BCUT2D eigenvalue weighted by molar-refractivity contribution is -0.111. The second-order valence-electron chi connectivity index (χ2n) is 5.82. The van der Waals surface area contributed by atoms with Crippen LogP contribution in [0.5, 0.6) is 11.5 Å². The molecule has 0 fully saturated rings. The number of amides is 2. The molecular formula is C20H21BrN2O4. The number of nitrogens with zero attached hydrogens (tertiary/aromatic N) is 1. The van der Waals surface area contributed by atoms with Crippen molar-refractivity contribution in [1.82, 2.24) is 4.90 Å². The lowest BCUT2D eigenvalue weighted by Gasteiger charge is -2.14. The minimum absolute atomic E-state index is 0.164. The average molecular weight is 433 g/mol. The molecule has 142 valence electrons. The molecule has 2 aromatic rings. The van der Waals surface area contributed by atoms with Gasteiger partial charge >= 0.3 is 0 Å². The van der Waals surface area contributed by atoms with Crippen molar-refractivity contribution in [1.29, 1.82) is 0 Å². The summed E-state index contributed by atoms with van der Waals surface area (Å²) < 4.78 is 11.4. The summed E-state index contributed by atoms with van der Waals surface area (Å²) in [6.07, 6.45) is 3.05. The van der Waals surface area contributed by atoms with Gasteiger partial charge in [-0.3, -0.25) is 9.59 Å². The smallest absolute Gasteiger partial charge is 0.253 e. The summed E-state index contributed by atoms with van der Waals surface area (Å²) in [7, 11) is 6.40. The zero-order valence-corrected chi connectivity index (χ0v) is 17.2. The molecule has 0 aliphatic rings. The lowest BCUT2D eigenvalue weighted by Crippen LogP contribution is -2.22. The average Bonchev–Trinajstić information content (AvgIpc) is 2.65. The number of anilines is 1. The minimum Gasteiger partial charge on any atom is -0.496 e. The molecule has 0 heterocycles. The Morgan fingerprint density at radius 2 is 1.70 bits per heavy atom. The largest absolute Gasteiger partial charge is 0.496 e. The van der Waals surface area contributed by atoms with Crippen molar-refractivity contribution in [3.05, 3.63) is 58.1 Å². The van der Waals surface area contributed by atoms with E-state index in [1.807, 2.05) is 12.1 Å². The van der Waals surface area contributed by atoms with Crippen LogP contribution in [0.1, 0.15) is 15.9 Å². The van der Waals surface area contributed by atoms with Crippen molar-refractivity contribution < 1.29 is 19.1 Å². The van der Waals surface area contributed by atoms with Crippen LogP contribution in [0.2, 0.25) is 0 Å². The molecule has 7 heteroatoms. The van der Waals surface area contributed by atoms with Crippen molar-refractivity contribution in [3.63, 3.8) is 0 Å². The maximum Gasteiger partial charge on any atom is 0.253 e. The fraction of sp³-hybridized carbons (Fsp3) is 0.200. The van der Waals surface area contributed by atoms with Gasteiger partial charge in [0.15, 0.2) is 0 Å². The second kappa shape index (κ2) is 9.23. The SMILES string of the molecule is COc1ccc(Br)cc1/C=C/C(=O)Nc1cc(C(=O)N(C)C)ccc1OC. The highest BCUT2D eigenvalue weighted by atomic mass is 79.9. The van der Waals surface area contributed by atoms with Gasteiger partial charge in [-0.05, 0) is 42.5 Å². The van der Waals surface area contributed by atoms with E-state index in [1.165, 1.54) is 18.1 Å². The topological polar surface area (TPSA) is 67.9 Å². The molecule has 6 nitrogen and oxygen atoms in total. The number of rotatable bonds is 6. The summed E-state index contributed by atoms with van der Waals surface area (Å²) in [6, 6.07) is 10.4. The molecule has 2 amide bonds. The molecule has 0 radical (unpaired) electrons. The summed E-state index contributed by atoms with van der Waals surface area (Å²) >= 11 is 3.40. The van der Waals surface area contributed by atoms with E-state index in [1.54, 1.807) is 51.5 Å². The van der Waals surface area contributed by atoms with Crippen molar-refractivity contribution >= 4 is 39.5 Å². The van der Waals surface area contributed by atoms with E-state index < -0.39 is 0 Å². The van der Waals surface area contributed by atoms with Crippen LogP contribution < -0.4 is 14.8 Å². The quantitative estimate of drug-likeness (QED) is 0.704. The summed E-state index contributed by atoms with van der Waals surface area (Å²) in [6.45, 7) is 0.